The first-order chi connectivity index (χ1) is 4.85. The maximum Gasteiger partial charge on any atom is 0.0748 e. The van der Waals surface area contributed by atoms with Gasteiger partial charge in [-0.15, -0.1) is 5.70 Å². The van der Waals surface area contributed by atoms with Crippen LogP contribution in [0.5, 0.6) is 0 Å². The number of rotatable bonds is 5. The van der Waals surface area contributed by atoms with Crippen molar-refractivity contribution < 1.29 is 0 Å². The van der Waals surface area contributed by atoms with Crippen molar-refractivity contribution in [2.45, 2.75) is 45.7 Å². The second-order valence-electron chi connectivity index (χ2n) is 2.56. The fraction of sp³-hybridized carbons (Fsp3) is 0.778. The molecule has 0 heterocycles. The van der Waals surface area contributed by atoms with Gasteiger partial charge in [-0.25, -0.2) is 0 Å². The lowest BCUT2D eigenvalue weighted by Gasteiger charge is -2.00. The molecule has 0 aromatic heterocycles. The average molecular weight is 155 g/mol. The highest BCUT2D eigenvalue weighted by atomic mass is 28.3. The average Bonchev–Trinajstić information content (AvgIpc) is 1.99. The van der Waals surface area contributed by atoms with Crippen molar-refractivity contribution in [1.29, 1.82) is 0 Å². The highest BCUT2D eigenvalue weighted by Gasteiger charge is 1.97. The summed E-state index contributed by atoms with van der Waals surface area (Å²) in [5.74, 6) is 0. The molecule has 0 saturated heterocycles. The second-order valence-corrected chi connectivity index (χ2v) is 5.62. The maximum atomic E-state index is 2.47. The fourth-order valence-corrected chi connectivity index (χ4v) is 2.37. The molecule has 0 aliphatic heterocycles. The van der Waals surface area contributed by atoms with Crippen LogP contribution in [0.4, 0.5) is 0 Å². The highest BCUT2D eigenvalue weighted by Crippen LogP contribution is 2.00. The lowest BCUT2D eigenvalue weighted by Crippen LogP contribution is -2.03. The smallest absolute Gasteiger partial charge is 0.0748 e. The zero-order valence-corrected chi connectivity index (χ0v) is 8.48. The van der Waals surface area contributed by atoms with Crippen LogP contribution in [-0.2, 0) is 0 Å². The summed E-state index contributed by atoms with van der Waals surface area (Å²) in [4.78, 5) is 0. The molecule has 0 atom stereocenters. The normalized spacial score (nSPS) is 11.6. The van der Waals surface area contributed by atoms with Crippen LogP contribution in [0.3, 0.4) is 0 Å². The van der Waals surface area contributed by atoms with Gasteiger partial charge in [0.15, 0.2) is 0 Å². The molecule has 0 aromatic rings. The van der Waals surface area contributed by atoms with E-state index in [4.69, 9.17) is 0 Å². The summed E-state index contributed by atoms with van der Waals surface area (Å²) in [6.07, 6.45) is 4.93. The van der Waals surface area contributed by atoms with E-state index in [1.54, 1.807) is 0 Å². The number of hydrogen-bond donors (Lipinski definition) is 0. The Morgan fingerprint density at radius 3 is 2.10 bits per heavy atom. The molecular formula is C9H19Si. The van der Waals surface area contributed by atoms with Gasteiger partial charge in [-0.2, -0.15) is 0 Å². The molecule has 0 bridgehead atoms. The standard InChI is InChI=1S/C9H19Si/c1-4-7-8-9-10(5-2)6-3/h8-9H,4-7H2,1-3H3. The van der Waals surface area contributed by atoms with E-state index >= 15 is 0 Å². The molecular weight excluding hydrogens is 136 g/mol. The van der Waals surface area contributed by atoms with E-state index in [0.29, 0.717) is 0 Å². The molecule has 0 saturated carbocycles. The summed E-state index contributed by atoms with van der Waals surface area (Å²) in [7, 11) is -0.0763. The Bertz CT molecular complexity index is 82.7. The molecule has 0 unspecified atom stereocenters. The van der Waals surface area contributed by atoms with E-state index in [1.165, 1.54) is 24.9 Å². The first kappa shape index (κ1) is 9.96. The molecule has 59 valence electrons. The van der Waals surface area contributed by atoms with Crippen molar-refractivity contribution in [1.82, 2.24) is 0 Å². The number of allylic oxidation sites excluding steroid dienone is 1. The van der Waals surface area contributed by atoms with E-state index in [2.05, 4.69) is 32.5 Å². The van der Waals surface area contributed by atoms with Crippen LogP contribution in [0.2, 0.25) is 12.1 Å². The van der Waals surface area contributed by atoms with Gasteiger partial charge in [0.1, 0.15) is 0 Å². The van der Waals surface area contributed by atoms with Gasteiger partial charge in [0.05, 0.1) is 8.80 Å². The second kappa shape index (κ2) is 7.07. The fourth-order valence-electron chi connectivity index (χ4n) is 0.902. The molecule has 1 heteroatoms. The molecule has 0 N–H and O–H groups in total. The Kier molecular flexibility index (Phi) is 7.04. The molecule has 0 amide bonds. The number of hydrogen-bond acceptors (Lipinski definition) is 0. The molecule has 0 rings (SSSR count). The van der Waals surface area contributed by atoms with Crippen LogP contribution in [0.1, 0.15) is 33.6 Å². The summed E-state index contributed by atoms with van der Waals surface area (Å²) >= 11 is 0. The topological polar surface area (TPSA) is 0 Å². The Hall–Kier alpha value is -0.0431. The Morgan fingerprint density at radius 2 is 1.70 bits per heavy atom. The van der Waals surface area contributed by atoms with Gasteiger partial charge in [0, 0.05) is 0 Å². The van der Waals surface area contributed by atoms with Crippen molar-refractivity contribution in [3.63, 3.8) is 0 Å². The molecule has 0 fully saturated rings. The van der Waals surface area contributed by atoms with E-state index in [-0.39, 0.29) is 8.80 Å². The van der Waals surface area contributed by atoms with Crippen LogP contribution in [0.15, 0.2) is 11.8 Å². The predicted octanol–water partition coefficient (Wildman–Crippen LogP) is 3.42. The van der Waals surface area contributed by atoms with Crippen molar-refractivity contribution in [3.8, 4) is 0 Å². The molecule has 0 aliphatic rings. The minimum absolute atomic E-state index is 0.0763. The summed E-state index contributed by atoms with van der Waals surface area (Å²) in [5.41, 5.74) is 2.47. The Balaban J connectivity index is 3.40. The highest BCUT2D eigenvalue weighted by molar-refractivity contribution is 6.64. The van der Waals surface area contributed by atoms with Gasteiger partial charge in [-0.3, -0.25) is 0 Å². The van der Waals surface area contributed by atoms with E-state index in [1.807, 2.05) is 0 Å². The van der Waals surface area contributed by atoms with Crippen molar-refractivity contribution in [3.05, 3.63) is 11.8 Å². The van der Waals surface area contributed by atoms with Gasteiger partial charge >= 0.3 is 0 Å². The molecule has 0 aliphatic carbocycles. The van der Waals surface area contributed by atoms with Gasteiger partial charge in [-0.1, -0.05) is 45.4 Å². The van der Waals surface area contributed by atoms with E-state index < -0.39 is 0 Å². The van der Waals surface area contributed by atoms with Gasteiger partial charge in [0.25, 0.3) is 0 Å². The third-order valence-corrected chi connectivity index (χ3v) is 4.24. The maximum absolute atomic E-state index is 2.47. The van der Waals surface area contributed by atoms with Crippen LogP contribution in [0.25, 0.3) is 0 Å². The Labute approximate surface area is 66.9 Å². The van der Waals surface area contributed by atoms with Crippen LogP contribution in [-0.4, -0.2) is 8.80 Å². The number of unbranched alkanes of at least 4 members (excludes halogenated alkanes) is 1. The quantitative estimate of drug-likeness (QED) is 0.534. The lowest BCUT2D eigenvalue weighted by molar-refractivity contribution is 0.959. The first-order valence-corrected chi connectivity index (χ1v) is 6.35. The van der Waals surface area contributed by atoms with Crippen molar-refractivity contribution in [2.24, 2.45) is 0 Å². The zero-order chi connectivity index (χ0) is 7.82. The summed E-state index contributed by atoms with van der Waals surface area (Å²) in [6.45, 7) is 6.83. The zero-order valence-electron chi connectivity index (χ0n) is 7.48. The largest absolute Gasteiger partial charge is 0.100 e. The molecule has 0 spiro atoms. The van der Waals surface area contributed by atoms with Crippen LogP contribution < -0.4 is 0 Å². The van der Waals surface area contributed by atoms with Gasteiger partial charge in [-0.05, 0) is 6.42 Å². The summed E-state index contributed by atoms with van der Waals surface area (Å²) < 4.78 is 0. The monoisotopic (exact) mass is 155 g/mol. The van der Waals surface area contributed by atoms with Crippen molar-refractivity contribution >= 4 is 8.80 Å². The Morgan fingerprint density at radius 1 is 1.10 bits per heavy atom. The molecule has 0 nitrogen and oxygen atoms in total. The molecule has 0 aromatic carbocycles. The summed E-state index contributed by atoms with van der Waals surface area (Å²) in [5, 5.41) is 0. The van der Waals surface area contributed by atoms with Crippen molar-refractivity contribution in [2.75, 3.05) is 0 Å². The first-order valence-electron chi connectivity index (χ1n) is 4.36. The third kappa shape index (κ3) is 4.80. The van der Waals surface area contributed by atoms with Gasteiger partial charge < -0.3 is 0 Å². The van der Waals surface area contributed by atoms with Crippen LogP contribution in [0, 0.1) is 0 Å². The third-order valence-electron chi connectivity index (χ3n) is 1.72. The molecule has 10 heavy (non-hydrogen) atoms. The van der Waals surface area contributed by atoms with Gasteiger partial charge in [0.2, 0.25) is 0 Å². The van der Waals surface area contributed by atoms with E-state index in [9.17, 15) is 0 Å². The SMILES string of the molecule is CCCC=C[Si](CC)CC. The van der Waals surface area contributed by atoms with Crippen LogP contribution >= 0.6 is 0 Å². The minimum atomic E-state index is -0.0763. The molecule has 1 radical (unpaired) electrons. The predicted molar refractivity (Wildman–Crippen MR) is 50.8 cm³/mol. The summed E-state index contributed by atoms with van der Waals surface area (Å²) in [6, 6.07) is 2.78. The van der Waals surface area contributed by atoms with E-state index in [0.717, 1.165) is 0 Å². The minimum Gasteiger partial charge on any atom is -0.100 e. The lowest BCUT2D eigenvalue weighted by atomic mass is 10.3.